The molecule has 176 valence electrons. The van der Waals surface area contributed by atoms with Gasteiger partial charge in [-0.25, -0.2) is 4.98 Å². The number of anilines is 2. The number of amides is 2. The lowest BCUT2D eigenvalue weighted by Gasteiger charge is -2.27. The molecule has 0 saturated carbocycles. The number of aromatic nitrogens is 3. The van der Waals surface area contributed by atoms with Crippen molar-refractivity contribution in [3.8, 4) is 0 Å². The van der Waals surface area contributed by atoms with Crippen LogP contribution in [-0.4, -0.2) is 38.9 Å². The van der Waals surface area contributed by atoms with Gasteiger partial charge in [-0.05, 0) is 24.6 Å². The van der Waals surface area contributed by atoms with Gasteiger partial charge in [-0.3, -0.25) is 14.7 Å². The van der Waals surface area contributed by atoms with Crippen LogP contribution in [0.5, 0.6) is 0 Å². The first kappa shape index (κ1) is 23.8. The van der Waals surface area contributed by atoms with Crippen LogP contribution in [0, 0.1) is 0 Å². The number of benzene rings is 1. The molecule has 0 fully saturated rings. The monoisotopic (exact) mass is 474 g/mol. The van der Waals surface area contributed by atoms with E-state index >= 15 is 0 Å². The van der Waals surface area contributed by atoms with E-state index < -0.39 is 46.9 Å². The molecule has 0 spiro atoms. The molecule has 14 heteroatoms. The van der Waals surface area contributed by atoms with E-state index in [0.717, 1.165) is 20.2 Å². The summed E-state index contributed by atoms with van der Waals surface area (Å²) in [4.78, 5) is 29.5. The summed E-state index contributed by atoms with van der Waals surface area (Å²) >= 11 is 0. The standard InChI is InChI=1S/C19H16F6N6O2/c1-8(10-4-3-9(18(20,21)22)5-12(10)19(23,24)25)31(2)17(33)16(32)29-13-7-27-15(26)11-6-28-30-14(11)13/h3-8H,1-2H3,(H2,26,27)(H,28,30)(H,29,32). The largest absolute Gasteiger partial charge is 0.416 e. The predicted octanol–water partition coefficient (Wildman–Crippen LogP) is 3.74. The maximum atomic E-state index is 13.5. The highest BCUT2D eigenvalue weighted by atomic mass is 19.4. The molecular formula is C19H16F6N6O2. The zero-order valence-electron chi connectivity index (χ0n) is 17.0. The van der Waals surface area contributed by atoms with Crippen molar-refractivity contribution in [2.45, 2.75) is 25.3 Å². The Labute approximate surface area is 181 Å². The zero-order valence-corrected chi connectivity index (χ0v) is 17.0. The first-order chi connectivity index (χ1) is 15.2. The van der Waals surface area contributed by atoms with Gasteiger partial charge < -0.3 is 16.0 Å². The molecule has 0 aliphatic rings. The van der Waals surface area contributed by atoms with Gasteiger partial charge in [0.25, 0.3) is 0 Å². The van der Waals surface area contributed by atoms with Gasteiger partial charge in [-0.15, -0.1) is 0 Å². The van der Waals surface area contributed by atoms with Crippen LogP contribution in [0.25, 0.3) is 10.9 Å². The van der Waals surface area contributed by atoms with Gasteiger partial charge in [0.2, 0.25) is 0 Å². The Kier molecular flexibility index (Phi) is 5.96. The van der Waals surface area contributed by atoms with E-state index in [1.165, 1.54) is 6.20 Å². The summed E-state index contributed by atoms with van der Waals surface area (Å²) in [5, 5.41) is 8.95. The molecule has 1 unspecified atom stereocenters. The second kappa shape index (κ2) is 8.26. The lowest BCUT2D eigenvalue weighted by Crippen LogP contribution is -2.39. The SMILES string of the molecule is CC(c1ccc(C(F)(F)F)cc1C(F)(F)F)N(C)C(=O)C(=O)Nc1cnc(N)c2cn[nH]c12. The fourth-order valence-corrected chi connectivity index (χ4v) is 3.11. The Hall–Kier alpha value is -3.84. The zero-order chi connectivity index (χ0) is 24.7. The molecule has 8 nitrogen and oxygen atoms in total. The number of alkyl halides is 6. The molecule has 33 heavy (non-hydrogen) atoms. The summed E-state index contributed by atoms with van der Waals surface area (Å²) in [6.45, 7) is 1.15. The van der Waals surface area contributed by atoms with Crippen molar-refractivity contribution >= 4 is 34.2 Å². The first-order valence-corrected chi connectivity index (χ1v) is 9.15. The topological polar surface area (TPSA) is 117 Å². The lowest BCUT2D eigenvalue weighted by molar-refractivity contribution is -0.146. The van der Waals surface area contributed by atoms with Gasteiger partial charge in [0.05, 0.1) is 46.2 Å². The number of carbonyl (C=O) groups excluding carboxylic acids is 2. The number of carbonyl (C=O) groups is 2. The number of pyridine rings is 1. The average molecular weight is 474 g/mol. The molecule has 4 N–H and O–H groups in total. The molecule has 0 aliphatic carbocycles. The molecule has 1 atom stereocenters. The molecule has 0 saturated heterocycles. The molecule has 3 rings (SSSR count). The highest BCUT2D eigenvalue weighted by Crippen LogP contribution is 2.40. The van der Waals surface area contributed by atoms with Gasteiger partial charge in [0.1, 0.15) is 5.82 Å². The molecule has 1 aromatic carbocycles. The first-order valence-electron chi connectivity index (χ1n) is 9.15. The van der Waals surface area contributed by atoms with Crippen molar-refractivity contribution in [2.75, 3.05) is 18.1 Å². The van der Waals surface area contributed by atoms with E-state index in [2.05, 4.69) is 20.5 Å². The molecule has 0 radical (unpaired) electrons. The Morgan fingerprint density at radius 1 is 1.12 bits per heavy atom. The molecule has 2 heterocycles. The quantitative estimate of drug-likeness (QED) is 0.395. The lowest BCUT2D eigenvalue weighted by atomic mass is 9.97. The number of aromatic amines is 1. The molecule has 0 aliphatic heterocycles. The van der Waals surface area contributed by atoms with Crippen LogP contribution in [0.15, 0.2) is 30.6 Å². The van der Waals surface area contributed by atoms with Crippen LogP contribution >= 0.6 is 0 Å². The van der Waals surface area contributed by atoms with E-state index in [1.54, 1.807) is 0 Å². The summed E-state index contributed by atoms with van der Waals surface area (Å²) in [6, 6.07) is -0.303. The van der Waals surface area contributed by atoms with Crippen LogP contribution in [0.2, 0.25) is 0 Å². The van der Waals surface area contributed by atoms with Crippen molar-refractivity contribution in [2.24, 2.45) is 0 Å². The molecule has 2 amide bonds. The van der Waals surface area contributed by atoms with Crippen molar-refractivity contribution in [3.05, 3.63) is 47.3 Å². The fourth-order valence-electron chi connectivity index (χ4n) is 3.11. The Bertz CT molecular complexity index is 1220. The van der Waals surface area contributed by atoms with Gasteiger partial charge in [0.15, 0.2) is 0 Å². The third-order valence-corrected chi connectivity index (χ3v) is 5.00. The van der Waals surface area contributed by atoms with Crippen LogP contribution in [0.3, 0.4) is 0 Å². The normalized spacial score (nSPS) is 13.1. The number of hydrogen-bond donors (Lipinski definition) is 3. The van der Waals surface area contributed by atoms with Crippen LogP contribution < -0.4 is 11.1 Å². The molecule has 0 bridgehead atoms. The predicted molar refractivity (Wildman–Crippen MR) is 105 cm³/mol. The summed E-state index contributed by atoms with van der Waals surface area (Å²) < 4.78 is 79.1. The van der Waals surface area contributed by atoms with E-state index in [9.17, 15) is 35.9 Å². The number of nitrogen functional groups attached to an aromatic ring is 1. The highest BCUT2D eigenvalue weighted by Gasteiger charge is 2.40. The van der Waals surface area contributed by atoms with Gasteiger partial charge in [-0.1, -0.05) is 6.07 Å². The van der Waals surface area contributed by atoms with Crippen molar-refractivity contribution in [1.82, 2.24) is 20.1 Å². The second-order valence-corrected chi connectivity index (χ2v) is 7.06. The summed E-state index contributed by atoms with van der Waals surface area (Å²) in [5.41, 5.74) is 2.33. The Morgan fingerprint density at radius 3 is 2.39 bits per heavy atom. The number of likely N-dealkylation sites (N-methyl/N-ethyl adjacent to an activating group) is 1. The highest BCUT2D eigenvalue weighted by molar-refractivity contribution is 6.40. The van der Waals surface area contributed by atoms with Crippen LogP contribution in [0.4, 0.5) is 37.8 Å². The smallest absolute Gasteiger partial charge is 0.383 e. The average Bonchev–Trinajstić information content (AvgIpc) is 3.23. The van der Waals surface area contributed by atoms with E-state index in [0.29, 0.717) is 22.4 Å². The Morgan fingerprint density at radius 2 is 1.79 bits per heavy atom. The number of halogens is 6. The fraction of sp³-hybridized carbons (Fsp3) is 0.263. The minimum Gasteiger partial charge on any atom is -0.383 e. The van der Waals surface area contributed by atoms with Gasteiger partial charge in [0, 0.05) is 7.05 Å². The summed E-state index contributed by atoms with van der Waals surface area (Å²) in [6.07, 6.45) is -7.62. The molecule has 3 aromatic rings. The van der Waals surface area contributed by atoms with Crippen molar-refractivity contribution in [1.29, 1.82) is 0 Å². The van der Waals surface area contributed by atoms with E-state index in [1.807, 2.05) is 0 Å². The molecule has 2 aromatic heterocycles. The van der Waals surface area contributed by atoms with E-state index in [4.69, 9.17) is 5.73 Å². The number of nitrogens with zero attached hydrogens (tertiary/aromatic N) is 3. The number of nitrogens with one attached hydrogen (secondary N) is 2. The third-order valence-electron chi connectivity index (χ3n) is 5.00. The minimum atomic E-state index is -5.13. The maximum absolute atomic E-state index is 13.5. The summed E-state index contributed by atoms with van der Waals surface area (Å²) in [5.74, 6) is -2.34. The maximum Gasteiger partial charge on any atom is 0.416 e. The van der Waals surface area contributed by atoms with Crippen molar-refractivity contribution in [3.63, 3.8) is 0 Å². The second-order valence-electron chi connectivity index (χ2n) is 7.06. The van der Waals surface area contributed by atoms with Crippen LogP contribution in [0.1, 0.15) is 29.7 Å². The number of H-pyrrole nitrogens is 1. The van der Waals surface area contributed by atoms with E-state index in [-0.39, 0.29) is 23.1 Å². The van der Waals surface area contributed by atoms with Crippen LogP contribution in [-0.2, 0) is 21.9 Å². The van der Waals surface area contributed by atoms with Gasteiger partial charge in [-0.2, -0.15) is 31.4 Å². The van der Waals surface area contributed by atoms with Gasteiger partial charge >= 0.3 is 24.2 Å². The summed E-state index contributed by atoms with van der Waals surface area (Å²) in [7, 11) is 1.05. The Balaban J connectivity index is 1.87. The third kappa shape index (κ3) is 4.68. The number of fused-ring (bicyclic) bond motifs is 1. The molecular weight excluding hydrogens is 458 g/mol. The number of hydrogen-bond acceptors (Lipinski definition) is 5. The minimum absolute atomic E-state index is 0.0285. The van der Waals surface area contributed by atoms with Crippen molar-refractivity contribution < 1.29 is 35.9 Å². The number of nitrogens with two attached hydrogens (primary N) is 1. The number of rotatable bonds is 3.